The third-order valence-electron chi connectivity index (χ3n) is 2.18. The predicted octanol–water partition coefficient (Wildman–Crippen LogP) is 0.602. The van der Waals surface area contributed by atoms with Crippen LogP contribution < -0.4 is 16.6 Å². The maximum absolute atomic E-state index is 11.6. The highest BCUT2D eigenvalue weighted by molar-refractivity contribution is 5.92. The van der Waals surface area contributed by atoms with Gasteiger partial charge in [-0.25, -0.2) is 10.6 Å². The van der Waals surface area contributed by atoms with Crippen molar-refractivity contribution in [1.29, 1.82) is 5.26 Å². The van der Waals surface area contributed by atoms with Crippen LogP contribution in [0.5, 0.6) is 0 Å². The summed E-state index contributed by atoms with van der Waals surface area (Å²) in [6.07, 6.45) is 1.08. The van der Waals surface area contributed by atoms with E-state index in [1.165, 1.54) is 0 Å². The molecule has 0 radical (unpaired) electrons. The zero-order valence-electron chi connectivity index (χ0n) is 9.96. The van der Waals surface area contributed by atoms with E-state index < -0.39 is 5.97 Å². The number of hydrogen-bond donors (Lipinski definition) is 2. The molecule has 1 rings (SSSR count). The number of nitriles is 1. The normalized spacial score (nSPS) is 10.6. The average Bonchev–Trinajstić information content (AvgIpc) is 2.40. The van der Waals surface area contributed by atoms with Gasteiger partial charge < -0.3 is 10.5 Å². The second-order valence-corrected chi connectivity index (χ2v) is 3.30. The molecule has 4 N–H and O–H groups in total. The minimum absolute atomic E-state index is 0.0292. The lowest BCUT2D eigenvalue weighted by molar-refractivity contribution is -0.138. The molecule has 0 atom stereocenters. The number of esters is 1. The van der Waals surface area contributed by atoms with Gasteiger partial charge >= 0.3 is 5.97 Å². The van der Waals surface area contributed by atoms with Crippen LogP contribution in [-0.2, 0) is 9.53 Å². The monoisotopic (exact) mass is 246 g/mol. The number of ether oxygens (including phenoxy) is 1. The van der Waals surface area contributed by atoms with E-state index in [-0.39, 0.29) is 12.3 Å². The maximum Gasteiger partial charge on any atom is 0.357 e. The molecule has 0 unspecified atom stereocenters. The van der Waals surface area contributed by atoms with Crippen molar-refractivity contribution in [1.82, 2.24) is 0 Å². The Balaban J connectivity index is 2.94. The van der Waals surface area contributed by atoms with Gasteiger partial charge in [0.15, 0.2) is 5.70 Å². The van der Waals surface area contributed by atoms with Crippen molar-refractivity contribution in [3.63, 3.8) is 0 Å². The van der Waals surface area contributed by atoms with Crippen LogP contribution in [0.15, 0.2) is 36.2 Å². The molecule has 1 aromatic rings. The summed E-state index contributed by atoms with van der Waals surface area (Å²) in [7, 11) is 0. The molecule has 0 fully saturated rings. The first-order valence-corrected chi connectivity index (χ1v) is 5.28. The van der Waals surface area contributed by atoms with Gasteiger partial charge in [-0.3, -0.25) is 5.01 Å². The Labute approximate surface area is 105 Å². The first-order chi connectivity index (χ1) is 8.63. The van der Waals surface area contributed by atoms with Crippen LogP contribution in [0, 0.1) is 11.3 Å². The summed E-state index contributed by atoms with van der Waals surface area (Å²) < 4.78 is 4.82. The van der Waals surface area contributed by atoms with Crippen LogP contribution in [-0.4, -0.2) is 12.6 Å². The Hall–Kier alpha value is -2.52. The highest BCUT2D eigenvalue weighted by Crippen LogP contribution is 2.16. The van der Waals surface area contributed by atoms with Crippen molar-refractivity contribution in [2.75, 3.05) is 11.6 Å². The lowest BCUT2D eigenvalue weighted by atomic mass is 10.2. The fourth-order valence-corrected chi connectivity index (χ4v) is 1.29. The summed E-state index contributed by atoms with van der Waals surface area (Å²) in [5.74, 6) is 5.17. The van der Waals surface area contributed by atoms with Crippen LogP contribution in [0.3, 0.4) is 0 Å². The largest absolute Gasteiger partial charge is 0.461 e. The summed E-state index contributed by atoms with van der Waals surface area (Å²) in [6, 6.07) is 8.40. The second-order valence-electron chi connectivity index (χ2n) is 3.30. The van der Waals surface area contributed by atoms with Crippen LogP contribution in [0.2, 0.25) is 0 Å². The molecule has 0 saturated heterocycles. The molecule has 0 aliphatic rings. The molecular weight excluding hydrogens is 232 g/mol. The summed E-state index contributed by atoms with van der Waals surface area (Å²) in [5, 5.41) is 9.79. The van der Waals surface area contributed by atoms with E-state index in [2.05, 4.69) is 0 Å². The molecule has 0 spiro atoms. The van der Waals surface area contributed by atoms with Crippen LogP contribution >= 0.6 is 0 Å². The van der Waals surface area contributed by atoms with E-state index in [1.807, 2.05) is 6.07 Å². The zero-order valence-corrected chi connectivity index (χ0v) is 9.96. The molecule has 0 bridgehead atoms. The quantitative estimate of drug-likeness (QED) is 0.349. The number of nitrogens with two attached hydrogens (primary N) is 2. The Morgan fingerprint density at radius 1 is 1.50 bits per heavy atom. The Bertz CT molecular complexity index is 488. The average molecular weight is 246 g/mol. The number of hydrazine groups is 1. The van der Waals surface area contributed by atoms with E-state index in [1.54, 1.807) is 31.2 Å². The van der Waals surface area contributed by atoms with Crippen LogP contribution in [0.4, 0.5) is 5.69 Å². The number of nitrogens with zero attached hydrogens (tertiary/aromatic N) is 2. The lowest BCUT2D eigenvalue weighted by Crippen LogP contribution is -2.35. The third kappa shape index (κ3) is 2.99. The molecular formula is C12H14N4O2. The molecule has 0 saturated carbocycles. The maximum atomic E-state index is 11.6. The van der Waals surface area contributed by atoms with Gasteiger partial charge in [-0.2, -0.15) is 5.26 Å². The smallest absolute Gasteiger partial charge is 0.357 e. The molecule has 6 heteroatoms. The summed E-state index contributed by atoms with van der Waals surface area (Å²) >= 11 is 0. The zero-order chi connectivity index (χ0) is 13.5. The minimum atomic E-state index is -0.605. The van der Waals surface area contributed by atoms with Gasteiger partial charge in [0.05, 0.1) is 23.9 Å². The molecule has 0 aromatic heterocycles. The van der Waals surface area contributed by atoms with E-state index in [0.29, 0.717) is 11.3 Å². The Kier molecular flexibility index (Phi) is 4.72. The highest BCUT2D eigenvalue weighted by atomic mass is 16.5. The predicted molar refractivity (Wildman–Crippen MR) is 66.7 cm³/mol. The van der Waals surface area contributed by atoms with E-state index in [4.69, 9.17) is 21.6 Å². The molecule has 18 heavy (non-hydrogen) atoms. The standard InChI is InChI=1S/C12H14N4O2/c1-2-18-12(17)11(8-14)16(15)10-5-3-9(7-13)4-6-10/h3-6,8H,2,14-15H2,1H3/b11-8-. The van der Waals surface area contributed by atoms with Crippen molar-refractivity contribution in [3.05, 3.63) is 41.7 Å². The fraction of sp³-hybridized carbons (Fsp3) is 0.167. The number of carbonyl (C=O) groups is 1. The lowest BCUT2D eigenvalue weighted by Gasteiger charge is -2.20. The van der Waals surface area contributed by atoms with Gasteiger partial charge in [-0.15, -0.1) is 0 Å². The topological polar surface area (TPSA) is 105 Å². The van der Waals surface area contributed by atoms with E-state index >= 15 is 0 Å². The number of anilines is 1. The van der Waals surface area contributed by atoms with Crippen molar-refractivity contribution in [2.24, 2.45) is 11.6 Å². The summed E-state index contributed by atoms with van der Waals surface area (Å²) in [6.45, 7) is 1.92. The summed E-state index contributed by atoms with van der Waals surface area (Å²) in [4.78, 5) is 11.6. The number of benzene rings is 1. The van der Waals surface area contributed by atoms with Gasteiger partial charge in [0.25, 0.3) is 0 Å². The first-order valence-electron chi connectivity index (χ1n) is 5.28. The fourth-order valence-electron chi connectivity index (χ4n) is 1.29. The van der Waals surface area contributed by atoms with Gasteiger partial charge in [-0.1, -0.05) is 0 Å². The van der Waals surface area contributed by atoms with Gasteiger partial charge in [-0.05, 0) is 31.2 Å². The Morgan fingerprint density at radius 2 is 2.11 bits per heavy atom. The highest BCUT2D eigenvalue weighted by Gasteiger charge is 2.17. The van der Waals surface area contributed by atoms with Crippen molar-refractivity contribution >= 4 is 11.7 Å². The Morgan fingerprint density at radius 3 is 2.56 bits per heavy atom. The van der Waals surface area contributed by atoms with Gasteiger partial charge in [0, 0.05) is 6.20 Å². The SMILES string of the molecule is CCOC(=O)/C(=C/N)N(N)c1ccc(C#N)cc1. The van der Waals surface area contributed by atoms with Crippen molar-refractivity contribution in [3.8, 4) is 6.07 Å². The molecule has 0 aliphatic heterocycles. The number of carbonyl (C=O) groups excluding carboxylic acids is 1. The number of hydrogen-bond acceptors (Lipinski definition) is 6. The minimum Gasteiger partial charge on any atom is -0.461 e. The van der Waals surface area contributed by atoms with Crippen molar-refractivity contribution < 1.29 is 9.53 Å². The van der Waals surface area contributed by atoms with Crippen LogP contribution in [0.1, 0.15) is 12.5 Å². The summed E-state index contributed by atoms with van der Waals surface area (Å²) in [5.41, 5.74) is 6.42. The molecule has 0 aliphatic carbocycles. The molecule has 0 amide bonds. The molecule has 6 nitrogen and oxygen atoms in total. The third-order valence-corrected chi connectivity index (χ3v) is 2.18. The first kappa shape index (κ1) is 13.5. The van der Waals surface area contributed by atoms with Gasteiger partial charge in [0.2, 0.25) is 0 Å². The van der Waals surface area contributed by atoms with Crippen molar-refractivity contribution in [2.45, 2.75) is 6.92 Å². The van der Waals surface area contributed by atoms with E-state index in [9.17, 15) is 4.79 Å². The number of rotatable bonds is 4. The molecule has 1 aromatic carbocycles. The molecule has 94 valence electrons. The second kappa shape index (κ2) is 6.27. The van der Waals surface area contributed by atoms with Gasteiger partial charge in [0.1, 0.15) is 0 Å². The molecule has 0 heterocycles. The van der Waals surface area contributed by atoms with Crippen LogP contribution in [0.25, 0.3) is 0 Å². The van der Waals surface area contributed by atoms with E-state index in [0.717, 1.165) is 11.2 Å².